The molecule has 1 aliphatic heterocycles. The number of hydrogen-bond donors (Lipinski definition) is 1. The van der Waals surface area contributed by atoms with Crippen LogP contribution in [-0.2, 0) is 21.3 Å². The van der Waals surface area contributed by atoms with E-state index in [1.807, 2.05) is 0 Å². The predicted molar refractivity (Wildman–Crippen MR) is 88.7 cm³/mol. The molecule has 0 bridgehead atoms. The van der Waals surface area contributed by atoms with E-state index in [9.17, 15) is 0 Å². The summed E-state index contributed by atoms with van der Waals surface area (Å²) in [5, 5.41) is 0. The van der Waals surface area contributed by atoms with E-state index in [2.05, 4.69) is 66.7 Å². The van der Waals surface area contributed by atoms with E-state index in [4.69, 9.17) is 15.0 Å². The van der Waals surface area contributed by atoms with Crippen molar-refractivity contribution in [2.75, 3.05) is 0 Å². The van der Waals surface area contributed by atoms with Crippen molar-refractivity contribution < 1.29 is 9.31 Å². The predicted octanol–water partition coefficient (Wildman–Crippen LogP) is 2.74. The van der Waals surface area contributed by atoms with Crippen molar-refractivity contribution in [2.24, 2.45) is 5.73 Å². The molecule has 21 heavy (non-hydrogen) atoms. The molecule has 1 aromatic carbocycles. The van der Waals surface area contributed by atoms with Crippen molar-refractivity contribution in [3.05, 3.63) is 29.3 Å². The first kappa shape index (κ1) is 16.5. The van der Waals surface area contributed by atoms with E-state index in [1.54, 1.807) is 0 Å². The van der Waals surface area contributed by atoms with Gasteiger partial charge >= 0.3 is 7.12 Å². The monoisotopic (exact) mass is 289 g/mol. The van der Waals surface area contributed by atoms with E-state index in [0.29, 0.717) is 6.54 Å². The highest BCUT2D eigenvalue weighted by Crippen LogP contribution is 2.36. The average Bonchev–Trinajstić information content (AvgIpc) is 2.57. The summed E-state index contributed by atoms with van der Waals surface area (Å²) in [7, 11) is -0.331. The zero-order chi connectivity index (χ0) is 16.1. The van der Waals surface area contributed by atoms with Gasteiger partial charge in [0.15, 0.2) is 0 Å². The third kappa shape index (κ3) is 3.18. The maximum atomic E-state index is 6.15. The molecule has 1 aliphatic rings. The van der Waals surface area contributed by atoms with Crippen LogP contribution in [0.4, 0.5) is 0 Å². The van der Waals surface area contributed by atoms with Gasteiger partial charge < -0.3 is 15.0 Å². The summed E-state index contributed by atoms with van der Waals surface area (Å²) in [4.78, 5) is 0. The van der Waals surface area contributed by atoms with Crippen LogP contribution in [0.2, 0.25) is 0 Å². The summed E-state index contributed by atoms with van der Waals surface area (Å²) in [5.41, 5.74) is 8.72. The van der Waals surface area contributed by atoms with Gasteiger partial charge in [-0.1, -0.05) is 39.0 Å². The highest BCUT2D eigenvalue weighted by Gasteiger charge is 2.51. The molecule has 3 nitrogen and oxygen atoms in total. The van der Waals surface area contributed by atoms with Gasteiger partial charge in [-0.2, -0.15) is 0 Å². The molecule has 2 rings (SSSR count). The lowest BCUT2D eigenvalue weighted by atomic mass is 9.74. The SMILES string of the molecule is CC(C)(C)c1cc(CN)cc(B2OC(C)(C)C(C)(C)O2)c1. The topological polar surface area (TPSA) is 44.5 Å². The van der Waals surface area contributed by atoms with Crippen molar-refractivity contribution in [3.8, 4) is 0 Å². The lowest BCUT2D eigenvalue weighted by Gasteiger charge is -2.32. The van der Waals surface area contributed by atoms with Gasteiger partial charge in [-0.25, -0.2) is 0 Å². The van der Waals surface area contributed by atoms with Crippen LogP contribution in [0, 0.1) is 0 Å². The van der Waals surface area contributed by atoms with Crippen LogP contribution in [0.3, 0.4) is 0 Å². The van der Waals surface area contributed by atoms with Crippen LogP contribution in [0.25, 0.3) is 0 Å². The molecule has 0 aliphatic carbocycles. The number of hydrogen-bond acceptors (Lipinski definition) is 3. The van der Waals surface area contributed by atoms with Crippen LogP contribution in [-0.4, -0.2) is 18.3 Å². The molecule has 0 unspecified atom stereocenters. The van der Waals surface area contributed by atoms with Crippen LogP contribution < -0.4 is 11.2 Å². The van der Waals surface area contributed by atoms with Crippen molar-refractivity contribution in [2.45, 2.75) is 71.6 Å². The van der Waals surface area contributed by atoms with Gasteiger partial charge in [0, 0.05) is 6.54 Å². The molecule has 1 saturated heterocycles. The molecule has 0 saturated carbocycles. The van der Waals surface area contributed by atoms with Crippen LogP contribution >= 0.6 is 0 Å². The van der Waals surface area contributed by atoms with Crippen molar-refractivity contribution in [1.82, 2.24) is 0 Å². The first-order chi connectivity index (χ1) is 9.46. The fourth-order valence-corrected chi connectivity index (χ4v) is 2.38. The largest absolute Gasteiger partial charge is 0.494 e. The maximum Gasteiger partial charge on any atom is 0.494 e. The Bertz CT molecular complexity index is 516. The lowest BCUT2D eigenvalue weighted by Crippen LogP contribution is -2.41. The molecular weight excluding hydrogens is 261 g/mol. The summed E-state index contributed by atoms with van der Waals surface area (Å²) >= 11 is 0. The Labute approximate surface area is 129 Å². The second kappa shape index (κ2) is 5.11. The Kier molecular flexibility index (Phi) is 4.03. The van der Waals surface area contributed by atoms with Gasteiger partial charge in [0.05, 0.1) is 11.2 Å². The molecule has 0 spiro atoms. The zero-order valence-electron chi connectivity index (χ0n) is 14.4. The summed E-state index contributed by atoms with van der Waals surface area (Å²) in [6.45, 7) is 15.4. The molecule has 0 radical (unpaired) electrons. The third-order valence-corrected chi connectivity index (χ3v) is 4.64. The first-order valence-corrected chi connectivity index (χ1v) is 7.66. The smallest absolute Gasteiger partial charge is 0.399 e. The zero-order valence-corrected chi connectivity index (χ0v) is 14.4. The van der Waals surface area contributed by atoms with Gasteiger partial charge in [0.1, 0.15) is 0 Å². The van der Waals surface area contributed by atoms with Gasteiger partial charge in [-0.15, -0.1) is 0 Å². The standard InChI is InChI=1S/C17H28BNO2/c1-15(2,3)13-8-12(11-19)9-14(10-13)18-20-16(4,5)17(6,7)21-18/h8-10H,11,19H2,1-7H3. The summed E-state index contributed by atoms with van der Waals surface area (Å²) in [6, 6.07) is 6.45. The normalized spacial score (nSPS) is 20.9. The van der Waals surface area contributed by atoms with E-state index >= 15 is 0 Å². The maximum absolute atomic E-state index is 6.15. The molecule has 116 valence electrons. The highest BCUT2D eigenvalue weighted by molar-refractivity contribution is 6.62. The Hall–Kier alpha value is -0.835. The quantitative estimate of drug-likeness (QED) is 0.851. The second-order valence-corrected chi connectivity index (χ2v) is 8.01. The molecule has 4 heteroatoms. The summed E-state index contributed by atoms with van der Waals surface area (Å²) in [6.07, 6.45) is 0. The number of benzene rings is 1. The Balaban J connectivity index is 2.42. The first-order valence-electron chi connectivity index (χ1n) is 7.66. The molecule has 1 heterocycles. The van der Waals surface area contributed by atoms with E-state index < -0.39 is 0 Å². The number of rotatable bonds is 2. The van der Waals surface area contributed by atoms with Crippen LogP contribution in [0.5, 0.6) is 0 Å². The fourth-order valence-electron chi connectivity index (χ4n) is 2.38. The van der Waals surface area contributed by atoms with Gasteiger partial charge in [-0.3, -0.25) is 0 Å². The fraction of sp³-hybridized carbons (Fsp3) is 0.647. The molecule has 1 aromatic rings. The van der Waals surface area contributed by atoms with Crippen LogP contribution in [0.15, 0.2) is 18.2 Å². The number of nitrogens with two attached hydrogens (primary N) is 1. The van der Waals surface area contributed by atoms with Gasteiger partial charge in [-0.05, 0) is 49.7 Å². The molecule has 0 aromatic heterocycles. The lowest BCUT2D eigenvalue weighted by molar-refractivity contribution is 0.00578. The highest BCUT2D eigenvalue weighted by atomic mass is 16.7. The Morgan fingerprint density at radius 1 is 1.00 bits per heavy atom. The Morgan fingerprint density at radius 2 is 1.52 bits per heavy atom. The molecular formula is C17H28BNO2. The van der Waals surface area contributed by atoms with E-state index in [-0.39, 0.29) is 23.7 Å². The second-order valence-electron chi connectivity index (χ2n) is 8.01. The van der Waals surface area contributed by atoms with E-state index in [0.717, 1.165) is 11.0 Å². The van der Waals surface area contributed by atoms with E-state index in [1.165, 1.54) is 5.56 Å². The molecule has 2 N–H and O–H groups in total. The van der Waals surface area contributed by atoms with Crippen molar-refractivity contribution in [3.63, 3.8) is 0 Å². The minimum Gasteiger partial charge on any atom is -0.399 e. The van der Waals surface area contributed by atoms with Gasteiger partial charge in [0.2, 0.25) is 0 Å². The Morgan fingerprint density at radius 3 is 1.95 bits per heavy atom. The minimum atomic E-state index is -0.331. The molecule has 0 amide bonds. The van der Waals surface area contributed by atoms with Crippen LogP contribution in [0.1, 0.15) is 59.6 Å². The third-order valence-electron chi connectivity index (χ3n) is 4.64. The summed E-state index contributed by atoms with van der Waals surface area (Å²) in [5.74, 6) is 0. The molecule has 1 fully saturated rings. The van der Waals surface area contributed by atoms with Gasteiger partial charge in [0.25, 0.3) is 0 Å². The average molecular weight is 289 g/mol. The van der Waals surface area contributed by atoms with Crippen molar-refractivity contribution in [1.29, 1.82) is 0 Å². The molecule has 0 atom stereocenters. The summed E-state index contributed by atoms with van der Waals surface area (Å²) < 4.78 is 12.3. The minimum absolute atomic E-state index is 0.0730. The van der Waals surface area contributed by atoms with Crippen molar-refractivity contribution >= 4 is 12.6 Å².